The molecule has 13 heteroatoms. The van der Waals surface area contributed by atoms with Gasteiger partial charge in [-0.15, -0.1) is 22.7 Å². The van der Waals surface area contributed by atoms with Gasteiger partial charge < -0.3 is 20.1 Å². The van der Waals surface area contributed by atoms with Gasteiger partial charge in [0.15, 0.2) is 0 Å². The highest BCUT2D eigenvalue weighted by Crippen LogP contribution is 2.42. The predicted molar refractivity (Wildman–Crippen MR) is 186 cm³/mol. The summed E-state index contributed by atoms with van der Waals surface area (Å²) in [6.07, 6.45) is 1.21. The number of aromatic nitrogens is 2. The van der Waals surface area contributed by atoms with Crippen molar-refractivity contribution in [3.63, 3.8) is 0 Å². The number of hydrogen-bond acceptors (Lipinski definition) is 9. The lowest BCUT2D eigenvalue weighted by Crippen LogP contribution is -2.55. The molecule has 240 valence electrons. The van der Waals surface area contributed by atoms with Gasteiger partial charge in [-0.2, -0.15) is 0 Å². The molecule has 2 aromatic carbocycles. The molecule has 46 heavy (non-hydrogen) atoms. The number of amides is 2. The fourth-order valence-corrected chi connectivity index (χ4v) is 8.63. The summed E-state index contributed by atoms with van der Waals surface area (Å²) in [5, 5.41) is 5.56. The van der Waals surface area contributed by atoms with Crippen LogP contribution in [0.2, 0.25) is 5.02 Å². The maximum Gasteiger partial charge on any atom is 0.248 e. The Morgan fingerprint density at radius 1 is 1.15 bits per heavy atom. The van der Waals surface area contributed by atoms with E-state index in [9.17, 15) is 9.59 Å². The summed E-state index contributed by atoms with van der Waals surface area (Å²) in [5.74, 6) is -0.0808. The molecule has 1 fully saturated rings. The van der Waals surface area contributed by atoms with Crippen molar-refractivity contribution < 1.29 is 19.1 Å². The summed E-state index contributed by atoms with van der Waals surface area (Å²) < 4.78 is 14.4. The smallest absolute Gasteiger partial charge is 0.248 e. The number of carbonyl (C=O) groups is 2. The monoisotopic (exact) mass is 697 g/mol. The van der Waals surface area contributed by atoms with Crippen molar-refractivity contribution in [2.45, 2.75) is 52.3 Å². The second-order valence-electron chi connectivity index (χ2n) is 12.4. The average Bonchev–Trinajstić information content (AvgIpc) is 3.74. The second-order valence-corrected chi connectivity index (χ2v) is 15.0. The lowest BCUT2D eigenvalue weighted by atomic mass is 9.85. The highest BCUT2D eigenvalue weighted by atomic mass is 35.5. The first-order valence-corrected chi connectivity index (χ1v) is 17.1. The van der Waals surface area contributed by atoms with E-state index in [1.54, 1.807) is 36.8 Å². The molecule has 0 bridgehead atoms. The maximum atomic E-state index is 14.4. The van der Waals surface area contributed by atoms with Gasteiger partial charge in [-0.1, -0.05) is 50.6 Å². The van der Waals surface area contributed by atoms with E-state index in [-0.39, 0.29) is 18.9 Å². The van der Waals surface area contributed by atoms with Crippen LogP contribution in [0.15, 0.2) is 54.0 Å². The largest absolute Gasteiger partial charge is 0.494 e. The van der Waals surface area contributed by atoms with Gasteiger partial charge >= 0.3 is 0 Å². The molecular weight excluding hydrogens is 665 g/mol. The second kappa shape index (κ2) is 12.5. The zero-order valence-corrected chi connectivity index (χ0v) is 29.1. The predicted octanol–water partition coefficient (Wildman–Crippen LogP) is 7.45. The number of thiophene rings is 1. The number of methoxy groups -OCH3 is 1. The lowest BCUT2D eigenvalue weighted by molar-refractivity contribution is -0.140. The third-order valence-corrected chi connectivity index (χ3v) is 11.0. The van der Waals surface area contributed by atoms with E-state index in [0.29, 0.717) is 27.2 Å². The number of carbonyl (C=O) groups excluding carboxylic acids is 2. The fourth-order valence-electron chi connectivity index (χ4n) is 5.94. The minimum absolute atomic E-state index is 0.115. The molecule has 3 atom stereocenters. The van der Waals surface area contributed by atoms with E-state index < -0.39 is 29.5 Å². The average molecular weight is 699 g/mol. The van der Waals surface area contributed by atoms with E-state index in [2.05, 4.69) is 24.0 Å². The van der Waals surface area contributed by atoms with Crippen LogP contribution in [-0.4, -0.2) is 58.5 Å². The molecule has 6 rings (SSSR count). The number of nitrogens with two attached hydrogens (primary N) is 1. The Morgan fingerprint density at radius 3 is 2.61 bits per heavy atom. The quantitative estimate of drug-likeness (QED) is 0.168. The van der Waals surface area contributed by atoms with Crippen LogP contribution in [0.25, 0.3) is 31.4 Å². The van der Waals surface area contributed by atoms with E-state index >= 15 is 0 Å². The highest BCUT2D eigenvalue weighted by molar-refractivity contribution is 7.23. The molecule has 0 aliphatic carbocycles. The molecule has 4 heterocycles. The van der Waals surface area contributed by atoms with Crippen LogP contribution in [0.1, 0.15) is 32.8 Å². The number of likely N-dealkylation sites (tertiary alicyclic amines) is 1. The van der Waals surface area contributed by atoms with Crippen molar-refractivity contribution in [3.8, 4) is 22.2 Å². The number of primary amides is 1. The molecule has 1 aliphatic heterocycles. The minimum atomic E-state index is -0.895. The van der Waals surface area contributed by atoms with Crippen LogP contribution in [0.4, 0.5) is 5.13 Å². The number of hydrogen-bond donors (Lipinski definition) is 1. The normalized spacial score (nSPS) is 17.4. The third kappa shape index (κ3) is 5.97. The highest BCUT2D eigenvalue weighted by Gasteiger charge is 2.47. The van der Waals surface area contributed by atoms with E-state index in [0.717, 1.165) is 21.5 Å². The molecule has 0 unspecified atom stereocenters. The van der Waals surface area contributed by atoms with Crippen molar-refractivity contribution in [1.29, 1.82) is 0 Å². The summed E-state index contributed by atoms with van der Waals surface area (Å²) >= 11 is 16.3. The van der Waals surface area contributed by atoms with Gasteiger partial charge in [0.25, 0.3) is 0 Å². The Morgan fingerprint density at radius 2 is 1.91 bits per heavy atom. The molecule has 0 saturated carbocycles. The van der Waals surface area contributed by atoms with Gasteiger partial charge in [-0.3, -0.25) is 9.59 Å². The fraction of sp³-hybridized carbons (Fsp3) is 0.333. The number of aryl methyl sites for hydroxylation is 1. The molecule has 0 radical (unpaired) electrons. The van der Waals surface area contributed by atoms with E-state index in [4.69, 9.17) is 43.6 Å². The topological polar surface area (TPSA) is 111 Å². The van der Waals surface area contributed by atoms with Crippen LogP contribution >= 0.6 is 46.1 Å². The van der Waals surface area contributed by atoms with Crippen LogP contribution in [0, 0.1) is 12.3 Å². The Balaban J connectivity index is 1.27. The van der Waals surface area contributed by atoms with Crippen molar-refractivity contribution in [2.75, 3.05) is 18.1 Å². The molecule has 2 N–H and O–H groups in total. The lowest BCUT2D eigenvalue weighted by Gasteiger charge is -2.38. The number of pyridine rings is 1. The summed E-state index contributed by atoms with van der Waals surface area (Å²) in [5.41, 5.74) is 7.16. The van der Waals surface area contributed by atoms with Crippen molar-refractivity contribution in [1.82, 2.24) is 14.9 Å². The number of benzene rings is 2. The zero-order valence-electron chi connectivity index (χ0n) is 25.9. The number of fused-ring (bicyclic) bond motifs is 2. The van der Waals surface area contributed by atoms with Crippen molar-refractivity contribution in [3.05, 3.63) is 64.6 Å². The van der Waals surface area contributed by atoms with Crippen LogP contribution in [0.5, 0.6) is 11.6 Å². The zero-order chi connectivity index (χ0) is 32.9. The van der Waals surface area contributed by atoms with E-state index in [1.165, 1.54) is 30.7 Å². The maximum absolute atomic E-state index is 14.4. The Kier molecular flexibility index (Phi) is 8.79. The number of ether oxygens (including phenoxy) is 2. The third-order valence-electron chi connectivity index (χ3n) is 8.18. The van der Waals surface area contributed by atoms with Crippen LogP contribution in [0.3, 0.4) is 0 Å². The van der Waals surface area contributed by atoms with Gasteiger partial charge in [0.2, 0.25) is 22.8 Å². The Bertz CT molecular complexity index is 1960. The Hall–Kier alpha value is -3.64. The molecule has 1 saturated heterocycles. The van der Waals surface area contributed by atoms with Gasteiger partial charge in [0, 0.05) is 44.1 Å². The number of halogens is 2. The number of thiazole rings is 1. The molecule has 1 aliphatic rings. The number of rotatable bonds is 8. The van der Waals surface area contributed by atoms with Gasteiger partial charge in [0.1, 0.15) is 23.9 Å². The molecule has 3 aromatic heterocycles. The van der Waals surface area contributed by atoms with Crippen LogP contribution < -0.4 is 19.6 Å². The summed E-state index contributed by atoms with van der Waals surface area (Å²) in [6.45, 7) is 7.98. The summed E-state index contributed by atoms with van der Waals surface area (Å²) in [7, 11) is 1.56. The first kappa shape index (κ1) is 32.3. The van der Waals surface area contributed by atoms with Crippen LogP contribution in [-0.2, 0) is 9.59 Å². The molecular formula is C33H33Cl2N5O4S2. The standard InChI is InChI=1S/C33H33Cl2N5O4S2/c1-17-20-8-6-7-9-26(20)46-27(17)23-16-45-32(38-23)40(35)28(33(2,3)4)31(42)39-15-19(13-24(39)29(36)41)44-30-22-12-18(34)10-11-21(22)25(43-5)14-37-30/h6-12,14,16,19,24,28H,13,15H2,1-5H3,(H2,36,41)/t19-,24+,28-/m1/s1. The van der Waals surface area contributed by atoms with E-state index in [1.807, 2.05) is 44.4 Å². The number of anilines is 1. The van der Waals surface area contributed by atoms with Crippen molar-refractivity contribution in [2.24, 2.45) is 11.1 Å². The first-order valence-electron chi connectivity index (χ1n) is 14.6. The van der Waals surface area contributed by atoms with Gasteiger partial charge in [0.05, 0.1) is 30.4 Å². The first-order chi connectivity index (χ1) is 21.9. The summed E-state index contributed by atoms with van der Waals surface area (Å²) in [4.78, 5) is 38.9. The molecule has 2 amide bonds. The molecule has 9 nitrogen and oxygen atoms in total. The van der Waals surface area contributed by atoms with Gasteiger partial charge in [-0.25, -0.2) is 14.4 Å². The SMILES string of the molecule is COc1cnc(O[C@@H]2C[C@@H](C(N)=O)N(C(=O)[C@@H](N(Cl)c3nc(-c4sc5ccccc5c4C)cs3)C(C)(C)C)C2)c2cc(Cl)ccc12. The minimum Gasteiger partial charge on any atom is -0.494 e. The Labute approximate surface area is 284 Å². The molecule has 0 spiro atoms. The number of nitrogens with zero attached hydrogens (tertiary/aromatic N) is 4. The summed E-state index contributed by atoms with van der Waals surface area (Å²) in [6, 6.07) is 11.8. The molecule has 5 aromatic rings. The van der Waals surface area contributed by atoms with Crippen molar-refractivity contribution >= 4 is 83.9 Å². The van der Waals surface area contributed by atoms with Gasteiger partial charge in [-0.05, 0) is 47.6 Å².